The van der Waals surface area contributed by atoms with Crippen LogP contribution in [0, 0.1) is 0 Å². The van der Waals surface area contributed by atoms with E-state index < -0.39 is 5.66 Å². The molecule has 3 aliphatic heterocycles. The Hall–Kier alpha value is -1.48. The first kappa shape index (κ1) is 17.6. The molecular weight excluding hydrogens is 360 g/mol. The van der Waals surface area contributed by atoms with Gasteiger partial charge in [-0.15, -0.1) is 0 Å². The van der Waals surface area contributed by atoms with Crippen LogP contribution in [0.1, 0.15) is 36.0 Å². The summed E-state index contributed by atoms with van der Waals surface area (Å²) < 4.78 is 5.45. The summed E-state index contributed by atoms with van der Waals surface area (Å²) in [5.41, 5.74) is 17.3. The van der Waals surface area contributed by atoms with Crippen LogP contribution < -0.4 is 11.5 Å². The molecule has 4 N–H and O–H groups in total. The lowest BCUT2D eigenvalue weighted by atomic mass is 9.85. The highest BCUT2D eigenvalue weighted by atomic mass is 32.2. The van der Waals surface area contributed by atoms with Crippen molar-refractivity contribution >= 4 is 29.6 Å². The van der Waals surface area contributed by atoms with E-state index in [9.17, 15) is 0 Å². The van der Waals surface area contributed by atoms with Gasteiger partial charge in [-0.2, -0.15) is 0 Å². The Morgan fingerprint density at radius 3 is 2.81 bits per heavy atom. The molecule has 1 aromatic heterocycles. The van der Waals surface area contributed by atoms with Gasteiger partial charge in [-0.05, 0) is 43.2 Å². The number of thioether (sulfide) groups is 1. The van der Waals surface area contributed by atoms with Crippen LogP contribution >= 0.6 is 11.8 Å². The monoisotopic (exact) mass is 386 g/mol. The molecule has 1 aromatic rings. The van der Waals surface area contributed by atoms with Gasteiger partial charge in [0.25, 0.3) is 0 Å². The molecule has 4 heterocycles. The standard InChI is InChI=1S/C19H26N6OS/c20-17-13-4-2-1-3-12(13)14-15-16(27-18(14)24-17)19(21,23-11-22-15)5-6-25-7-9-26-10-8-25/h11,16H,1-10,21H2,(H2,20,24). The van der Waals surface area contributed by atoms with Crippen molar-refractivity contribution in [3.05, 3.63) is 16.7 Å². The molecule has 2 atom stereocenters. The fraction of sp³-hybridized carbons (Fsp3) is 0.632. The number of anilines is 1. The number of aliphatic imine (C=N–C) groups is 2. The Kier molecular flexibility index (Phi) is 4.46. The fourth-order valence-electron chi connectivity index (χ4n) is 4.57. The van der Waals surface area contributed by atoms with E-state index in [-0.39, 0.29) is 5.25 Å². The Bertz CT molecular complexity index is 819. The lowest BCUT2D eigenvalue weighted by Gasteiger charge is -2.35. The molecule has 8 heteroatoms. The summed E-state index contributed by atoms with van der Waals surface area (Å²) in [6.07, 6.45) is 6.91. The van der Waals surface area contributed by atoms with Gasteiger partial charge in [0, 0.05) is 25.2 Å². The zero-order valence-electron chi connectivity index (χ0n) is 15.5. The molecule has 7 nitrogen and oxygen atoms in total. The molecule has 2 unspecified atom stereocenters. The van der Waals surface area contributed by atoms with E-state index in [2.05, 4.69) is 14.9 Å². The topological polar surface area (TPSA) is 102 Å². The van der Waals surface area contributed by atoms with Gasteiger partial charge in [0.2, 0.25) is 0 Å². The lowest BCUT2D eigenvalue weighted by molar-refractivity contribution is 0.0349. The maximum Gasteiger partial charge on any atom is 0.129 e. The minimum atomic E-state index is -0.656. The van der Waals surface area contributed by atoms with Crippen LogP contribution in [0.4, 0.5) is 5.82 Å². The van der Waals surface area contributed by atoms with Gasteiger partial charge in [0.1, 0.15) is 22.8 Å². The van der Waals surface area contributed by atoms with Gasteiger partial charge < -0.3 is 16.2 Å². The van der Waals surface area contributed by atoms with Crippen LogP contribution in [0.3, 0.4) is 0 Å². The van der Waals surface area contributed by atoms with E-state index in [4.69, 9.17) is 21.2 Å². The number of aromatic nitrogens is 1. The summed E-state index contributed by atoms with van der Waals surface area (Å²) in [5, 5.41) is 1.00. The third-order valence-electron chi connectivity index (χ3n) is 6.13. The van der Waals surface area contributed by atoms with Gasteiger partial charge in [0.15, 0.2) is 0 Å². The van der Waals surface area contributed by atoms with Crippen LogP contribution in [-0.2, 0) is 17.6 Å². The third kappa shape index (κ3) is 2.99. The van der Waals surface area contributed by atoms with Crippen molar-refractivity contribution in [3.63, 3.8) is 0 Å². The number of fused-ring (bicyclic) bond motifs is 5. The zero-order valence-corrected chi connectivity index (χ0v) is 16.3. The second-order valence-electron chi connectivity index (χ2n) is 7.79. The van der Waals surface area contributed by atoms with Crippen molar-refractivity contribution in [3.8, 4) is 0 Å². The first-order valence-electron chi connectivity index (χ1n) is 9.84. The minimum Gasteiger partial charge on any atom is -0.383 e. The molecule has 1 fully saturated rings. The second-order valence-corrected chi connectivity index (χ2v) is 8.89. The van der Waals surface area contributed by atoms with Crippen molar-refractivity contribution in [1.82, 2.24) is 9.88 Å². The number of morpholine rings is 1. The highest BCUT2D eigenvalue weighted by Crippen LogP contribution is 2.47. The van der Waals surface area contributed by atoms with Gasteiger partial charge in [0.05, 0.1) is 24.2 Å². The van der Waals surface area contributed by atoms with Gasteiger partial charge in [-0.25, -0.2) is 15.0 Å². The molecule has 4 aliphatic rings. The summed E-state index contributed by atoms with van der Waals surface area (Å²) in [5.74, 6) is 0.687. The number of nitrogens with two attached hydrogens (primary N) is 2. The Morgan fingerprint density at radius 2 is 2.00 bits per heavy atom. The molecule has 5 rings (SSSR count). The second kappa shape index (κ2) is 6.84. The molecule has 0 amide bonds. The van der Waals surface area contributed by atoms with Crippen LogP contribution in [0.15, 0.2) is 15.0 Å². The molecule has 0 radical (unpaired) electrons. The highest BCUT2D eigenvalue weighted by Gasteiger charge is 2.47. The SMILES string of the molecule is Nc1nc2c(c3c1CCCC3)C1=NC=NC(N)(CCN3CCOCC3)C1S2. The molecule has 144 valence electrons. The van der Waals surface area contributed by atoms with Crippen LogP contribution in [-0.4, -0.2) is 65.7 Å². The van der Waals surface area contributed by atoms with E-state index in [0.29, 0.717) is 5.82 Å². The van der Waals surface area contributed by atoms with Crippen molar-refractivity contribution in [2.75, 3.05) is 38.6 Å². The Morgan fingerprint density at radius 1 is 1.22 bits per heavy atom. The molecule has 0 bridgehead atoms. The number of ether oxygens (including phenoxy) is 1. The maximum atomic E-state index is 6.84. The van der Waals surface area contributed by atoms with Crippen molar-refractivity contribution < 1.29 is 4.74 Å². The molecule has 27 heavy (non-hydrogen) atoms. The highest BCUT2D eigenvalue weighted by molar-refractivity contribution is 8.01. The summed E-state index contributed by atoms with van der Waals surface area (Å²) in [4.78, 5) is 16.4. The maximum absolute atomic E-state index is 6.84. The van der Waals surface area contributed by atoms with Crippen LogP contribution in [0.2, 0.25) is 0 Å². The third-order valence-corrected chi connectivity index (χ3v) is 7.52. The first-order valence-corrected chi connectivity index (χ1v) is 10.7. The zero-order chi connectivity index (χ0) is 18.4. The number of hydrogen-bond acceptors (Lipinski definition) is 8. The summed E-state index contributed by atoms with van der Waals surface area (Å²) in [6.45, 7) is 4.44. The molecular formula is C19H26N6OS. The van der Waals surface area contributed by atoms with Gasteiger partial charge >= 0.3 is 0 Å². The quantitative estimate of drug-likeness (QED) is 0.810. The van der Waals surface area contributed by atoms with Crippen molar-refractivity contribution in [2.24, 2.45) is 15.7 Å². The molecule has 1 saturated heterocycles. The average Bonchev–Trinajstić information content (AvgIpc) is 3.08. The fourth-order valence-corrected chi connectivity index (χ4v) is 5.96. The number of nitrogen functional groups attached to an aromatic ring is 1. The summed E-state index contributed by atoms with van der Waals surface area (Å²) >= 11 is 1.70. The first-order chi connectivity index (χ1) is 13.2. The molecule has 0 aromatic carbocycles. The minimum absolute atomic E-state index is 0.0128. The molecule has 0 spiro atoms. The predicted octanol–water partition coefficient (Wildman–Crippen LogP) is 1.23. The predicted molar refractivity (Wildman–Crippen MR) is 109 cm³/mol. The largest absolute Gasteiger partial charge is 0.383 e. The van der Waals surface area contributed by atoms with E-state index in [1.54, 1.807) is 18.1 Å². The molecule has 1 aliphatic carbocycles. The molecule has 0 saturated carbocycles. The number of hydrogen-bond donors (Lipinski definition) is 2. The van der Waals surface area contributed by atoms with Crippen LogP contribution in [0.5, 0.6) is 0 Å². The van der Waals surface area contributed by atoms with E-state index in [1.165, 1.54) is 29.5 Å². The average molecular weight is 387 g/mol. The summed E-state index contributed by atoms with van der Waals surface area (Å²) in [7, 11) is 0. The van der Waals surface area contributed by atoms with Crippen molar-refractivity contribution in [1.29, 1.82) is 0 Å². The normalized spacial score (nSPS) is 29.8. The Labute approximate surface area is 163 Å². The van der Waals surface area contributed by atoms with E-state index in [0.717, 1.165) is 62.8 Å². The number of rotatable bonds is 3. The smallest absolute Gasteiger partial charge is 0.129 e. The van der Waals surface area contributed by atoms with Gasteiger partial charge in [-0.3, -0.25) is 4.90 Å². The van der Waals surface area contributed by atoms with Gasteiger partial charge in [-0.1, -0.05) is 11.8 Å². The van der Waals surface area contributed by atoms with Crippen molar-refractivity contribution in [2.45, 2.75) is 48.0 Å². The number of pyridine rings is 1. The Balaban J connectivity index is 1.44. The summed E-state index contributed by atoms with van der Waals surface area (Å²) in [6, 6.07) is 0. The van der Waals surface area contributed by atoms with Crippen LogP contribution in [0.25, 0.3) is 0 Å². The van der Waals surface area contributed by atoms with E-state index >= 15 is 0 Å². The lowest BCUT2D eigenvalue weighted by Crippen LogP contribution is -2.54. The number of nitrogens with zero attached hydrogens (tertiary/aromatic N) is 4. The van der Waals surface area contributed by atoms with E-state index in [1.807, 2.05) is 0 Å².